The fourth-order valence-corrected chi connectivity index (χ4v) is 3.77. The topological polar surface area (TPSA) is 110 Å². The number of hydrazine groups is 1. The smallest absolute Gasteiger partial charge is 0.273 e. The van der Waals surface area contributed by atoms with Gasteiger partial charge in [0.1, 0.15) is 23.1 Å². The van der Waals surface area contributed by atoms with Gasteiger partial charge < -0.3 is 15.4 Å². The van der Waals surface area contributed by atoms with Crippen molar-refractivity contribution in [2.45, 2.75) is 39.2 Å². The van der Waals surface area contributed by atoms with Crippen molar-refractivity contribution >= 4 is 34.9 Å². The molecule has 2 aromatic rings. The number of allylic oxidation sites excluding steroid dienone is 1. The van der Waals surface area contributed by atoms with Crippen LogP contribution < -0.4 is 26.2 Å². The van der Waals surface area contributed by atoms with Gasteiger partial charge in [-0.3, -0.25) is 14.6 Å². The largest absolute Gasteiger partial charge is 0.489 e. The molecule has 1 aromatic heterocycles. The van der Waals surface area contributed by atoms with Crippen molar-refractivity contribution in [1.82, 2.24) is 10.3 Å². The van der Waals surface area contributed by atoms with E-state index >= 15 is 0 Å². The van der Waals surface area contributed by atoms with E-state index in [0.29, 0.717) is 17.7 Å². The lowest BCUT2D eigenvalue weighted by Gasteiger charge is -2.23. The van der Waals surface area contributed by atoms with Crippen molar-refractivity contribution in [3.05, 3.63) is 57.9 Å². The molecule has 0 saturated heterocycles. The Kier molecular flexibility index (Phi) is 7.50. The molecule has 0 aliphatic carbocycles. The molecule has 2 amide bonds. The van der Waals surface area contributed by atoms with Crippen molar-refractivity contribution in [1.29, 1.82) is 0 Å². The number of carbonyl (C=O) groups is 2. The molecule has 11 heteroatoms. The molecule has 0 saturated carbocycles. The number of fused-ring (bicyclic) bond motifs is 1. The standard InChI is InChI=1S/C22H24ClF2N5O3/c1-11-9-13-10-12(2)33-19(13)17(22(32)27-3)18(11)29-21(31)15(6-7-16(24)25)30(26)20-14(23)5-4-8-28-20/h4-6,8-9,12,16H,7,10,26H2,1-3H3,(H,27,32)(H,29,31)/b15-6-. The maximum atomic E-state index is 13.2. The number of aromatic nitrogens is 1. The molecule has 1 unspecified atom stereocenters. The first-order valence-electron chi connectivity index (χ1n) is 10.1. The summed E-state index contributed by atoms with van der Waals surface area (Å²) in [7, 11) is 1.46. The number of anilines is 2. The van der Waals surface area contributed by atoms with E-state index in [0.717, 1.165) is 16.6 Å². The number of benzene rings is 1. The lowest BCUT2D eigenvalue weighted by atomic mass is 9.99. The van der Waals surface area contributed by atoms with Crippen LogP contribution in [-0.4, -0.2) is 36.4 Å². The first-order chi connectivity index (χ1) is 15.6. The van der Waals surface area contributed by atoms with Crippen molar-refractivity contribution in [3.8, 4) is 5.75 Å². The Morgan fingerprint density at radius 3 is 2.82 bits per heavy atom. The highest BCUT2D eigenvalue weighted by molar-refractivity contribution is 6.33. The van der Waals surface area contributed by atoms with Crippen LogP contribution in [0, 0.1) is 6.92 Å². The molecule has 8 nitrogen and oxygen atoms in total. The molecule has 1 aliphatic heterocycles. The predicted octanol–water partition coefficient (Wildman–Crippen LogP) is 3.58. The van der Waals surface area contributed by atoms with Gasteiger partial charge in [-0.2, -0.15) is 0 Å². The van der Waals surface area contributed by atoms with E-state index in [-0.39, 0.29) is 33.9 Å². The van der Waals surface area contributed by atoms with E-state index in [4.69, 9.17) is 22.2 Å². The molecule has 0 spiro atoms. The Morgan fingerprint density at radius 1 is 1.45 bits per heavy atom. The molecular weight excluding hydrogens is 456 g/mol. The fourth-order valence-electron chi connectivity index (χ4n) is 3.56. The molecule has 1 aliphatic rings. The van der Waals surface area contributed by atoms with Gasteiger partial charge in [0, 0.05) is 26.1 Å². The zero-order valence-electron chi connectivity index (χ0n) is 18.3. The van der Waals surface area contributed by atoms with Gasteiger partial charge in [-0.25, -0.2) is 19.6 Å². The second-order valence-electron chi connectivity index (χ2n) is 7.49. The minimum absolute atomic E-state index is 0.00388. The SMILES string of the molecule is CNC(=O)c1c(NC(=O)/C(=C/CC(F)F)N(N)c2ncccc2Cl)c(C)cc2c1OC(C)C2. The summed E-state index contributed by atoms with van der Waals surface area (Å²) in [6.45, 7) is 3.60. The van der Waals surface area contributed by atoms with Crippen LogP contribution in [0.3, 0.4) is 0 Å². The van der Waals surface area contributed by atoms with Gasteiger partial charge in [-0.15, -0.1) is 0 Å². The number of amides is 2. The average Bonchev–Trinajstić information content (AvgIpc) is 3.13. The van der Waals surface area contributed by atoms with E-state index in [9.17, 15) is 18.4 Å². The number of carbonyl (C=O) groups excluding carboxylic acids is 2. The Labute approximate surface area is 194 Å². The second kappa shape index (κ2) is 10.1. The molecule has 176 valence electrons. The van der Waals surface area contributed by atoms with Gasteiger partial charge in [0.25, 0.3) is 11.8 Å². The van der Waals surface area contributed by atoms with Gasteiger partial charge in [0.15, 0.2) is 5.82 Å². The van der Waals surface area contributed by atoms with E-state index in [2.05, 4.69) is 15.6 Å². The number of hydrogen-bond donors (Lipinski definition) is 3. The third-order valence-electron chi connectivity index (χ3n) is 5.02. The quantitative estimate of drug-likeness (QED) is 0.318. The maximum absolute atomic E-state index is 13.2. The summed E-state index contributed by atoms with van der Waals surface area (Å²) in [5, 5.41) is 6.15. The molecular formula is C22H24ClF2N5O3. The highest BCUT2D eigenvalue weighted by Crippen LogP contribution is 2.39. The maximum Gasteiger partial charge on any atom is 0.273 e. The van der Waals surface area contributed by atoms with Crippen LogP contribution >= 0.6 is 11.6 Å². The molecule has 2 heterocycles. The zero-order chi connectivity index (χ0) is 24.3. The number of nitrogens with two attached hydrogens (primary N) is 1. The highest BCUT2D eigenvalue weighted by atomic mass is 35.5. The minimum Gasteiger partial charge on any atom is -0.489 e. The molecule has 33 heavy (non-hydrogen) atoms. The predicted molar refractivity (Wildman–Crippen MR) is 122 cm³/mol. The van der Waals surface area contributed by atoms with E-state index in [1.807, 2.05) is 13.0 Å². The molecule has 3 rings (SSSR count). The molecule has 0 fully saturated rings. The first-order valence-corrected chi connectivity index (χ1v) is 10.5. The highest BCUT2D eigenvalue weighted by Gasteiger charge is 2.31. The van der Waals surface area contributed by atoms with Crippen molar-refractivity contribution in [2.24, 2.45) is 5.84 Å². The number of pyridine rings is 1. The first kappa shape index (κ1) is 24.4. The summed E-state index contributed by atoms with van der Waals surface area (Å²) in [6.07, 6.45) is -0.572. The molecule has 0 bridgehead atoms. The van der Waals surface area contributed by atoms with Gasteiger partial charge in [0.05, 0.1) is 10.7 Å². The zero-order valence-corrected chi connectivity index (χ0v) is 19.0. The normalized spacial score (nSPS) is 15.2. The number of nitrogens with one attached hydrogen (secondary N) is 2. The summed E-state index contributed by atoms with van der Waals surface area (Å²) in [4.78, 5) is 30.0. The van der Waals surface area contributed by atoms with Crippen LogP contribution in [0.15, 0.2) is 36.2 Å². The molecule has 1 atom stereocenters. The number of halogens is 3. The summed E-state index contributed by atoms with van der Waals surface area (Å²) >= 11 is 6.12. The van der Waals surface area contributed by atoms with Gasteiger partial charge >= 0.3 is 0 Å². The van der Waals surface area contributed by atoms with Gasteiger partial charge in [-0.05, 0) is 43.2 Å². The molecule has 0 radical (unpaired) electrons. The van der Waals surface area contributed by atoms with Crippen LogP contribution in [0.1, 0.15) is 34.8 Å². The average molecular weight is 480 g/mol. The van der Waals surface area contributed by atoms with Crippen molar-refractivity contribution < 1.29 is 23.1 Å². The number of ether oxygens (including phenoxy) is 1. The van der Waals surface area contributed by atoms with Crippen LogP contribution in [0.2, 0.25) is 5.02 Å². The van der Waals surface area contributed by atoms with Crippen LogP contribution in [0.25, 0.3) is 0 Å². The number of nitrogens with zero attached hydrogens (tertiary/aromatic N) is 2. The van der Waals surface area contributed by atoms with Crippen LogP contribution in [0.4, 0.5) is 20.3 Å². The van der Waals surface area contributed by atoms with Gasteiger partial charge in [0.2, 0.25) is 6.43 Å². The Morgan fingerprint density at radius 2 is 2.18 bits per heavy atom. The fraction of sp³-hybridized carbons (Fsp3) is 0.318. The molecule has 1 aromatic carbocycles. The number of aryl methyl sites for hydroxylation is 1. The summed E-state index contributed by atoms with van der Waals surface area (Å²) < 4.78 is 31.7. The lowest BCUT2D eigenvalue weighted by molar-refractivity contribution is -0.113. The van der Waals surface area contributed by atoms with Crippen molar-refractivity contribution in [2.75, 3.05) is 17.4 Å². The lowest BCUT2D eigenvalue weighted by Crippen LogP contribution is -2.38. The van der Waals surface area contributed by atoms with Crippen LogP contribution in [0.5, 0.6) is 5.75 Å². The Hall–Kier alpha value is -3.24. The monoisotopic (exact) mass is 479 g/mol. The molecule has 4 N–H and O–H groups in total. The third-order valence-corrected chi connectivity index (χ3v) is 5.32. The van der Waals surface area contributed by atoms with Crippen LogP contribution in [-0.2, 0) is 11.2 Å². The minimum atomic E-state index is -2.71. The number of rotatable bonds is 7. The Balaban J connectivity index is 2.04. The summed E-state index contributed by atoms with van der Waals surface area (Å²) in [5.74, 6) is 5.15. The summed E-state index contributed by atoms with van der Waals surface area (Å²) in [6, 6.07) is 4.88. The van der Waals surface area contributed by atoms with Crippen molar-refractivity contribution in [3.63, 3.8) is 0 Å². The second-order valence-corrected chi connectivity index (χ2v) is 7.90. The van der Waals surface area contributed by atoms with E-state index in [1.165, 1.54) is 19.3 Å². The third kappa shape index (κ3) is 5.23. The van der Waals surface area contributed by atoms with Gasteiger partial charge in [-0.1, -0.05) is 17.7 Å². The van der Waals surface area contributed by atoms with E-state index < -0.39 is 24.7 Å². The number of alkyl halides is 2. The van der Waals surface area contributed by atoms with E-state index in [1.54, 1.807) is 13.0 Å². The number of hydrogen-bond acceptors (Lipinski definition) is 6. The summed E-state index contributed by atoms with van der Waals surface area (Å²) in [5.41, 5.74) is 1.47. The Bertz CT molecular complexity index is 1110.